The molecule has 4 heteroatoms. The van der Waals surface area contributed by atoms with Gasteiger partial charge in [-0.1, -0.05) is 40.5 Å². The van der Waals surface area contributed by atoms with Crippen molar-refractivity contribution in [2.24, 2.45) is 23.5 Å². The number of hydrogen-bond donors (Lipinski definition) is 2. The van der Waals surface area contributed by atoms with Crippen LogP contribution in [-0.4, -0.2) is 44.0 Å². The van der Waals surface area contributed by atoms with Crippen LogP contribution in [0.3, 0.4) is 0 Å². The summed E-state index contributed by atoms with van der Waals surface area (Å²) in [4.78, 5) is 14.4. The summed E-state index contributed by atoms with van der Waals surface area (Å²) < 4.78 is 0. The average Bonchev–Trinajstić information content (AvgIpc) is 2.41. The molecule has 0 aromatic carbocycles. The molecule has 126 valence electrons. The average molecular weight is 300 g/mol. The highest BCUT2D eigenvalue weighted by Crippen LogP contribution is 2.17. The zero-order chi connectivity index (χ0) is 16.4. The van der Waals surface area contributed by atoms with Crippen molar-refractivity contribution in [3.63, 3.8) is 0 Å². The summed E-state index contributed by atoms with van der Waals surface area (Å²) in [5, 5.41) is 3.12. The normalized spacial score (nSPS) is 14.8. The predicted octanol–water partition coefficient (Wildman–Crippen LogP) is 2.48. The summed E-state index contributed by atoms with van der Waals surface area (Å²) in [5.41, 5.74) is 5.78. The van der Waals surface area contributed by atoms with Crippen LogP contribution in [0.25, 0.3) is 0 Å². The van der Waals surface area contributed by atoms with Crippen LogP contribution in [0.2, 0.25) is 0 Å². The summed E-state index contributed by atoms with van der Waals surface area (Å²) in [5.74, 6) is 1.66. The number of carbonyl (C=O) groups is 1. The van der Waals surface area contributed by atoms with E-state index in [0.29, 0.717) is 36.8 Å². The molecule has 1 amide bonds. The molecular formula is C17H37N3O. The summed E-state index contributed by atoms with van der Waals surface area (Å²) in [6.07, 6.45) is 3.87. The fraction of sp³-hybridized carbons (Fsp3) is 0.941. The molecule has 0 aliphatic carbocycles. The first-order chi connectivity index (χ1) is 9.85. The van der Waals surface area contributed by atoms with Crippen LogP contribution in [0.5, 0.6) is 0 Å². The van der Waals surface area contributed by atoms with Gasteiger partial charge in [0.25, 0.3) is 0 Å². The first-order valence-corrected chi connectivity index (χ1v) is 8.48. The van der Waals surface area contributed by atoms with Gasteiger partial charge >= 0.3 is 0 Å². The number of nitrogens with zero attached hydrogens (tertiary/aromatic N) is 1. The van der Waals surface area contributed by atoms with Crippen molar-refractivity contribution >= 4 is 5.91 Å². The van der Waals surface area contributed by atoms with E-state index in [-0.39, 0.29) is 5.91 Å². The van der Waals surface area contributed by atoms with Gasteiger partial charge in [-0.2, -0.15) is 0 Å². The van der Waals surface area contributed by atoms with Gasteiger partial charge in [-0.05, 0) is 44.8 Å². The summed E-state index contributed by atoms with van der Waals surface area (Å²) in [6, 6.07) is 0.408. The van der Waals surface area contributed by atoms with Crippen molar-refractivity contribution in [2.45, 2.75) is 59.4 Å². The third-order valence-electron chi connectivity index (χ3n) is 4.38. The molecule has 0 aliphatic heterocycles. The van der Waals surface area contributed by atoms with Crippen LogP contribution in [-0.2, 0) is 4.79 Å². The number of hydrogen-bond acceptors (Lipinski definition) is 3. The predicted molar refractivity (Wildman–Crippen MR) is 91.2 cm³/mol. The van der Waals surface area contributed by atoms with E-state index < -0.39 is 0 Å². The van der Waals surface area contributed by atoms with Crippen LogP contribution < -0.4 is 11.1 Å². The second-order valence-electron chi connectivity index (χ2n) is 6.85. The molecule has 0 fully saturated rings. The molecule has 2 atom stereocenters. The Balaban J connectivity index is 4.36. The van der Waals surface area contributed by atoms with Gasteiger partial charge in [0, 0.05) is 19.0 Å². The lowest BCUT2D eigenvalue weighted by atomic mass is 9.92. The Morgan fingerprint density at radius 3 is 2.14 bits per heavy atom. The van der Waals surface area contributed by atoms with Crippen molar-refractivity contribution < 1.29 is 4.79 Å². The zero-order valence-corrected chi connectivity index (χ0v) is 15.0. The summed E-state index contributed by atoms with van der Waals surface area (Å²) in [6.45, 7) is 10.1. The number of likely N-dealkylation sites (N-methyl/N-ethyl adjacent to an activating group) is 1. The minimum absolute atomic E-state index is 0.143. The quantitative estimate of drug-likeness (QED) is 0.616. The standard InChI is InChI=1S/C17H37N3O/c1-7-15(8-2)16(20(5)6)12-19-17(21)10-14(11-18)9-13(3)4/h13-16H,7-12,18H2,1-6H3,(H,19,21)/t14-,16?/m0/s1. The molecule has 0 aromatic rings. The van der Waals surface area contributed by atoms with E-state index >= 15 is 0 Å². The second-order valence-corrected chi connectivity index (χ2v) is 6.85. The maximum atomic E-state index is 12.1. The minimum Gasteiger partial charge on any atom is -0.355 e. The van der Waals surface area contributed by atoms with Crippen LogP contribution >= 0.6 is 0 Å². The molecule has 0 saturated carbocycles. The van der Waals surface area contributed by atoms with Crippen molar-refractivity contribution in [1.82, 2.24) is 10.2 Å². The summed E-state index contributed by atoms with van der Waals surface area (Å²) in [7, 11) is 4.19. The molecule has 1 unspecified atom stereocenters. The van der Waals surface area contributed by atoms with Gasteiger partial charge < -0.3 is 16.0 Å². The van der Waals surface area contributed by atoms with Crippen molar-refractivity contribution in [1.29, 1.82) is 0 Å². The van der Waals surface area contributed by atoms with Crippen LogP contribution in [0.1, 0.15) is 53.4 Å². The Hall–Kier alpha value is -0.610. The zero-order valence-electron chi connectivity index (χ0n) is 15.0. The lowest BCUT2D eigenvalue weighted by Gasteiger charge is -2.31. The van der Waals surface area contributed by atoms with Crippen molar-refractivity contribution in [3.05, 3.63) is 0 Å². The molecule has 3 N–H and O–H groups in total. The number of carbonyl (C=O) groups excluding carboxylic acids is 1. The van der Waals surface area contributed by atoms with Crippen molar-refractivity contribution in [2.75, 3.05) is 27.2 Å². The Bertz CT molecular complexity index is 275. The first kappa shape index (κ1) is 20.4. The van der Waals surface area contributed by atoms with Gasteiger partial charge in [-0.3, -0.25) is 4.79 Å². The Labute approximate surface area is 131 Å². The molecule has 0 aromatic heterocycles. The number of nitrogens with two attached hydrogens (primary N) is 1. The Morgan fingerprint density at radius 2 is 1.76 bits per heavy atom. The fourth-order valence-corrected chi connectivity index (χ4v) is 3.09. The lowest BCUT2D eigenvalue weighted by molar-refractivity contribution is -0.122. The largest absolute Gasteiger partial charge is 0.355 e. The van der Waals surface area contributed by atoms with E-state index in [1.165, 1.54) is 0 Å². The number of rotatable bonds is 11. The van der Waals surface area contributed by atoms with E-state index in [2.05, 4.69) is 52.0 Å². The molecule has 0 rings (SSSR count). The Morgan fingerprint density at radius 1 is 1.19 bits per heavy atom. The maximum Gasteiger partial charge on any atom is 0.220 e. The number of nitrogens with one attached hydrogen (secondary N) is 1. The first-order valence-electron chi connectivity index (χ1n) is 8.48. The number of amides is 1. The molecule has 0 aliphatic rings. The lowest BCUT2D eigenvalue weighted by Crippen LogP contribution is -2.45. The van der Waals surface area contributed by atoms with Crippen LogP contribution in [0.15, 0.2) is 0 Å². The van der Waals surface area contributed by atoms with Gasteiger partial charge in [0.1, 0.15) is 0 Å². The van der Waals surface area contributed by atoms with E-state index in [1.54, 1.807) is 0 Å². The summed E-state index contributed by atoms with van der Waals surface area (Å²) >= 11 is 0. The van der Waals surface area contributed by atoms with Gasteiger partial charge in [-0.25, -0.2) is 0 Å². The molecule has 4 nitrogen and oxygen atoms in total. The third kappa shape index (κ3) is 8.42. The molecule has 0 spiro atoms. The molecule has 0 bridgehead atoms. The topological polar surface area (TPSA) is 58.4 Å². The highest BCUT2D eigenvalue weighted by atomic mass is 16.1. The van der Waals surface area contributed by atoms with E-state index in [9.17, 15) is 4.79 Å². The second kappa shape index (κ2) is 11.0. The monoisotopic (exact) mass is 299 g/mol. The van der Waals surface area contributed by atoms with Crippen LogP contribution in [0.4, 0.5) is 0 Å². The SMILES string of the molecule is CCC(CC)C(CNC(=O)C[C@@H](CN)CC(C)C)N(C)C. The van der Waals surface area contributed by atoms with Gasteiger partial charge in [0.05, 0.1) is 0 Å². The van der Waals surface area contributed by atoms with E-state index in [1.807, 2.05) is 0 Å². The highest BCUT2D eigenvalue weighted by Gasteiger charge is 2.22. The molecule has 0 heterocycles. The van der Waals surface area contributed by atoms with E-state index in [4.69, 9.17) is 5.73 Å². The smallest absolute Gasteiger partial charge is 0.220 e. The molecule has 21 heavy (non-hydrogen) atoms. The Kier molecular flexibility index (Phi) is 10.7. The highest BCUT2D eigenvalue weighted by molar-refractivity contribution is 5.76. The molecule has 0 saturated heterocycles. The molecular weight excluding hydrogens is 262 g/mol. The fourth-order valence-electron chi connectivity index (χ4n) is 3.09. The maximum absolute atomic E-state index is 12.1. The molecule has 0 radical (unpaired) electrons. The van der Waals surface area contributed by atoms with Gasteiger partial charge in [-0.15, -0.1) is 0 Å². The van der Waals surface area contributed by atoms with E-state index in [0.717, 1.165) is 25.8 Å². The minimum atomic E-state index is 0.143. The van der Waals surface area contributed by atoms with Gasteiger partial charge in [0.15, 0.2) is 0 Å². The van der Waals surface area contributed by atoms with Gasteiger partial charge in [0.2, 0.25) is 5.91 Å². The van der Waals surface area contributed by atoms with Crippen molar-refractivity contribution in [3.8, 4) is 0 Å². The van der Waals surface area contributed by atoms with Crippen LogP contribution in [0, 0.1) is 17.8 Å². The third-order valence-corrected chi connectivity index (χ3v) is 4.38.